The second-order valence-corrected chi connectivity index (χ2v) is 4.33. The molecular weight excluding hydrogens is 204 g/mol. The smallest absolute Gasteiger partial charge is 0.276 e. The number of aromatic amines is 1. The Morgan fingerprint density at radius 1 is 1.69 bits per heavy atom. The molecule has 5 heteroatoms. The summed E-state index contributed by atoms with van der Waals surface area (Å²) in [5, 5.41) is 0. The van der Waals surface area contributed by atoms with Crippen molar-refractivity contribution >= 4 is 11.5 Å². The summed E-state index contributed by atoms with van der Waals surface area (Å²) in [6.07, 6.45) is 4.99. The van der Waals surface area contributed by atoms with Gasteiger partial charge in [0, 0.05) is 13.1 Å². The molecule has 3 N–H and O–H groups in total. The number of nitrogens with one attached hydrogen (secondary N) is 1. The molecule has 88 valence electrons. The van der Waals surface area contributed by atoms with E-state index in [0.29, 0.717) is 11.7 Å². The van der Waals surface area contributed by atoms with Crippen LogP contribution in [0.5, 0.6) is 0 Å². The Bertz CT molecular complexity index is 415. The number of piperidine rings is 1. The first-order chi connectivity index (χ1) is 7.72. The van der Waals surface area contributed by atoms with Gasteiger partial charge in [-0.25, -0.2) is 4.98 Å². The number of nitrogen functional groups attached to an aromatic ring is 1. The molecule has 1 aliphatic rings. The number of aromatic nitrogens is 2. The molecule has 0 radical (unpaired) electrons. The summed E-state index contributed by atoms with van der Waals surface area (Å²) < 4.78 is 0. The minimum absolute atomic E-state index is 0.235. The predicted octanol–water partition coefficient (Wildman–Crippen LogP) is 0.978. The van der Waals surface area contributed by atoms with Gasteiger partial charge in [0.15, 0.2) is 5.82 Å². The number of nitrogens with two attached hydrogens (primary N) is 1. The molecule has 16 heavy (non-hydrogen) atoms. The lowest BCUT2D eigenvalue weighted by molar-refractivity contribution is 0.403. The highest BCUT2D eigenvalue weighted by Crippen LogP contribution is 2.25. The van der Waals surface area contributed by atoms with Gasteiger partial charge in [-0.1, -0.05) is 13.3 Å². The molecule has 1 fully saturated rings. The van der Waals surface area contributed by atoms with Crippen molar-refractivity contribution in [2.75, 3.05) is 23.7 Å². The van der Waals surface area contributed by atoms with Crippen LogP contribution in [-0.2, 0) is 0 Å². The maximum Gasteiger partial charge on any atom is 0.276 e. The van der Waals surface area contributed by atoms with E-state index in [9.17, 15) is 4.79 Å². The van der Waals surface area contributed by atoms with E-state index in [2.05, 4.69) is 21.8 Å². The molecule has 2 rings (SSSR count). The number of rotatable bonds is 2. The molecule has 1 aromatic rings. The summed E-state index contributed by atoms with van der Waals surface area (Å²) in [6.45, 7) is 4.09. The number of hydrogen-bond acceptors (Lipinski definition) is 4. The largest absolute Gasteiger partial charge is 0.391 e. The van der Waals surface area contributed by atoms with Crippen LogP contribution in [-0.4, -0.2) is 23.1 Å². The SMILES string of the molecule is CCC1CCCN(c2nc[nH]c(=O)c2N)C1. The first-order valence-corrected chi connectivity index (χ1v) is 5.80. The van der Waals surface area contributed by atoms with Gasteiger partial charge < -0.3 is 15.6 Å². The minimum atomic E-state index is -0.247. The van der Waals surface area contributed by atoms with Crippen LogP contribution in [0.1, 0.15) is 26.2 Å². The minimum Gasteiger partial charge on any atom is -0.391 e. The van der Waals surface area contributed by atoms with Gasteiger partial charge >= 0.3 is 0 Å². The van der Waals surface area contributed by atoms with Crippen molar-refractivity contribution in [2.45, 2.75) is 26.2 Å². The third-order valence-electron chi connectivity index (χ3n) is 3.26. The number of nitrogens with zero attached hydrogens (tertiary/aromatic N) is 2. The fraction of sp³-hybridized carbons (Fsp3) is 0.636. The van der Waals surface area contributed by atoms with E-state index in [-0.39, 0.29) is 11.2 Å². The Hall–Kier alpha value is -1.52. The normalized spacial score (nSPS) is 21.1. The molecule has 0 spiro atoms. The molecule has 0 bridgehead atoms. The van der Waals surface area contributed by atoms with Gasteiger partial charge in [0.05, 0.1) is 6.33 Å². The molecule has 5 nitrogen and oxygen atoms in total. The van der Waals surface area contributed by atoms with Crippen molar-refractivity contribution in [3.8, 4) is 0 Å². The molecule has 0 aliphatic carbocycles. The lowest BCUT2D eigenvalue weighted by Crippen LogP contribution is -2.37. The average Bonchev–Trinajstić information content (AvgIpc) is 2.33. The monoisotopic (exact) mass is 222 g/mol. The van der Waals surface area contributed by atoms with Gasteiger partial charge in [0.25, 0.3) is 5.56 Å². The zero-order valence-corrected chi connectivity index (χ0v) is 9.57. The molecule has 0 saturated carbocycles. The zero-order chi connectivity index (χ0) is 11.5. The summed E-state index contributed by atoms with van der Waals surface area (Å²) in [5.41, 5.74) is 5.74. The molecule has 1 atom stereocenters. The van der Waals surface area contributed by atoms with E-state index < -0.39 is 0 Å². The third-order valence-corrected chi connectivity index (χ3v) is 3.26. The van der Waals surface area contributed by atoms with E-state index in [1.54, 1.807) is 0 Å². The maximum absolute atomic E-state index is 11.4. The van der Waals surface area contributed by atoms with E-state index in [4.69, 9.17) is 5.73 Å². The third kappa shape index (κ3) is 2.03. The van der Waals surface area contributed by atoms with Crippen molar-refractivity contribution in [3.05, 3.63) is 16.7 Å². The Morgan fingerprint density at radius 3 is 3.25 bits per heavy atom. The highest BCUT2D eigenvalue weighted by Gasteiger charge is 2.21. The van der Waals surface area contributed by atoms with Crippen molar-refractivity contribution in [2.24, 2.45) is 5.92 Å². The van der Waals surface area contributed by atoms with Gasteiger partial charge in [-0.3, -0.25) is 4.79 Å². The Morgan fingerprint density at radius 2 is 2.50 bits per heavy atom. The van der Waals surface area contributed by atoms with Gasteiger partial charge in [-0.15, -0.1) is 0 Å². The first-order valence-electron chi connectivity index (χ1n) is 5.80. The molecule has 1 saturated heterocycles. The van der Waals surface area contributed by atoms with Crippen molar-refractivity contribution < 1.29 is 0 Å². The van der Waals surface area contributed by atoms with E-state index in [1.807, 2.05) is 0 Å². The molecule has 1 aromatic heterocycles. The average molecular weight is 222 g/mol. The highest BCUT2D eigenvalue weighted by molar-refractivity contribution is 5.60. The van der Waals surface area contributed by atoms with Crippen LogP contribution in [0.4, 0.5) is 11.5 Å². The maximum atomic E-state index is 11.4. The summed E-state index contributed by atoms with van der Waals surface area (Å²) in [4.78, 5) is 20.2. The fourth-order valence-electron chi connectivity index (χ4n) is 2.24. The molecule has 0 aromatic carbocycles. The number of anilines is 2. The molecule has 0 amide bonds. The summed E-state index contributed by atoms with van der Waals surface area (Å²) in [6, 6.07) is 0. The van der Waals surface area contributed by atoms with Gasteiger partial charge in [-0.2, -0.15) is 0 Å². The van der Waals surface area contributed by atoms with Crippen LogP contribution >= 0.6 is 0 Å². The Labute approximate surface area is 94.7 Å². The molecular formula is C11H18N4O. The van der Waals surface area contributed by atoms with Gasteiger partial charge in [0.1, 0.15) is 5.69 Å². The van der Waals surface area contributed by atoms with Crippen LogP contribution in [0.3, 0.4) is 0 Å². The van der Waals surface area contributed by atoms with Crippen LogP contribution in [0.25, 0.3) is 0 Å². The van der Waals surface area contributed by atoms with Crippen molar-refractivity contribution in [3.63, 3.8) is 0 Å². The topological polar surface area (TPSA) is 75.0 Å². The highest BCUT2D eigenvalue weighted by atomic mass is 16.1. The van der Waals surface area contributed by atoms with Crippen LogP contribution in [0.15, 0.2) is 11.1 Å². The van der Waals surface area contributed by atoms with E-state index in [1.165, 1.54) is 19.2 Å². The Kier molecular flexibility index (Phi) is 3.12. The summed E-state index contributed by atoms with van der Waals surface area (Å²) in [5.74, 6) is 1.33. The second-order valence-electron chi connectivity index (χ2n) is 4.33. The second kappa shape index (κ2) is 4.55. The van der Waals surface area contributed by atoms with Crippen molar-refractivity contribution in [1.29, 1.82) is 0 Å². The Balaban J connectivity index is 2.23. The van der Waals surface area contributed by atoms with Gasteiger partial charge in [0.2, 0.25) is 0 Å². The number of H-pyrrole nitrogens is 1. The van der Waals surface area contributed by atoms with Crippen LogP contribution in [0.2, 0.25) is 0 Å². The first kappa shape index (κ1) is 11.0. The molecule has 1 aliphatic heterocycles. The fourth-order valence-corrected chi connectivity index (χ4v) is 2.24. The molecule has 1 unspecified atom stereocenters. The zero-order valence-electron chi connectivity index (χ0n) is 9.57. The molecule has 2 heterocycles. The summed E-state index contributed by atoms with van der Waals surface area (Å²) >= 11 is 0. The lowest BCUT2D eigenvalue weighted by atomic mass is 9.96. The van der Waals surface area contributed by atoms with Crippen molar-refractivity contribution in [1.82, 2.24) is 9.97 Å². The lowest BCUT2D eigenvalue weighted by Gasteiger charge is -2.33. The van der Waals surface area contributed by atoms with Crippen LogP contribution < -0.4 is 16.2 Å². The quantitative estimate of drug-likeness (QED) is 0.782. The van der Waals surface area contributed by atoms with E-state index >= 15 is 0 Å². The predicted molar refractivity (Wildman–Crippen MR) is 64.5 cm³/mol. The van der Waals surface area contributed by atoms with Crippen LogP contribution in [0, 0.1) is 5.92 Å². The van der Waals surface area contributed by atoms with Gasteiger partial charge in [-0.05, 0) is 18.8 Å². The number of hydrogen-bond donors (Lipinski definition) is 2. The summed E-state index contributed by atoms with van der Waals surface area (Å²) in [7, 11) is 0. The standard InChI is InChI=1S/C11H18N4O/c1-2-8-4-3-5-15(6-8)10-9(12)11(16)14-7-13-10/h7-8H,2-6,12H2,1H3,(H,13,14,16). The van der Waals surface area contributed by atoms with E-state index in [0.717, 1.165) is 19.5 Å².